The summed E-state index contributed by atoms with van der Waals surface area (Å²) >= 11 is 0. The van der Waals surface area contributed by atoms with Gasteiger partial charge < -0.3 is 10.0 Å². The van der Waals surface area contributed by atoms with Gasteiger partial charge in [0.2, 0.25) is 0 Å². The normalized spacial score (nSPS) is 14.9. The minimum absolute atomic E-state index is 0.443. The second-order valence-corrected chi connectivity index (χ2v) is 6.15. The maximum absolute atomic E-state index is 9.68. The summed E-state index contributed by atoms with van der Waals surface area (Å²) < 4.78 is 0. The van der Waals surface area contributed by atoms with Crippen LogP contribution in [0.15, 0.2) is 48.8 Å². The van der Waals surface area contributed by atoms with E-state index in [1.165, 1.54) is 0 Å². The standard InChI is InChI=1S/C19H19N5O/c1-13(25)18-20-9-7-17(23-18)24-10-8-16-15(12-24)11-21-19(22-16)14-5-3-2-4-6-14/h2-7,9,11,13,25H,8,10,12H2,1H3. The van der Waals surface area contributed by atoms with Crippen LogP contribution < -0.4 is 4.90 Å². The molecule has 126 valence electrons. The van der Waals surface area contributed by atoms with E-state index in [0.717, 1.165) is 41.4 Å². The first-order chi connectivity index (χ1) is 12.2. The summed E-state index contributed by atoms with van der Waals surface area (Å²) in [7, 11) is 0. The van der Waals surface area contributed by atoms with Crippen molar-refractivity contribution in [3.05, 3.63) is 65.9 Å². The summed E-state index contributed by atoms with van der Waals surface area (Å²) in [5.41, 5.74) is 3.24. The molecule has 3 aromatic rings. The van der Waals surface area contributed by atoms with Crippen molar-refractivity contribution in [2.45, 2.75) is 26.0 Å². The van der Waals surface area contributed by atoms with Gasteiger partial charge in [0, 0.05) is 43.0 Å². The predicted molar refractivity (Wildman–Crippen MR) is 94.9 cm³/mol. The maximum atomic E-state index is 9.68. The Balaban J connectivity index is 1.59. The Morgan fingerprint density at radius 1 is 1.08 bits per heavy atom. The van der Waals surface area contributed by atoms with Gasteiger partial charge in [-0.15, -0.1) is 0 Å². The third-order valence-electron chi connectivity index (χ3n) is 4.32. The summed E-state index contributed by atoms with van der Waals surface area (Å²) in [4.78, 5) is 20.0. The molecule has 2 aromatic heterocycles. The summed E-state index contributed by atoms with van der Waals surface area (Å²) in [6.07, 6.45) is 3.77. The first kappa shape index (κ1) is 15.7. The van der Waals surface area contributed by atoms with Crippen molar-refractivity contribution in [2.75, 3.05) is 11.4 Å². The number of hydrogen-bond acceptors (Lipinski definition) is 6. The average molecular weight is 333 g/mol. The lowest BCUT2D eigenvalue weighted by molar-refractivity contribution is 0.189. The van der Waals surface area contributed by atoms with Crippen molar-refractivity contribution >= 4 is 5.82 Å². The van der Waals surface area contributed by atoms with Crippen LogP contribution in [0.3, 0.4) is 0 Å². The second-order valence-electron chi connectivity index (χ2n) is 6.15. The zero-order chi connectivity index (χ0) is 17.2. The minimum atomic E-state index is -0.672. The van der Waals surface area contributed by atoms with Crippen LogP contribution in [0, 0.1) is 0 Å². The van der Waals surface area contributed by atoms with Gasteiger partial charge >= 0.3 is 0 Å². The number of nitrogens with zero attached hydrogens (tertiary/aromatic N) is 5. The fraction of sp³-hybridized carbons (Fsp3) is 0.263. The summed E-state index contributed by atoms with van der Waals surface area (Å²) in [5.74, 6) is 2.04. The molecule has 4 rings (SSSR count). The number of aromatic nitrogens is 4. The molecule has 6 nitrogen and oxygen atoms in total. The van der Waals surface area contributed by atoms with Gasteiger partial charge in [-0.05, 0) is 13.0 Å². The number of aliphatic hydroxyl groups is 1. The highest BCUT2D eigenvalue weighted by Crippen LogP contribution is 2.24. The fourth-order valence-electron chi connectivity index (χ4n) is 2.98. The van der Waals surface area contributed by atoms with Gasteiger partial charge in [-0.25, -0.2) is 19.9 Å². The molecule has 1 atom stereocenters. The molecule has 0 spiro atoms. The Morgan fingerprint density at radius 3 is 2.72 bits per heavy atom. The van der Waals surface area contributed by atoms with Crippen molar-refractivity contribution in [3.8, 4) is 11.4 Å². The van der Waals surface area contributed by atoms with E-state index in [-0.39, 0.29) is 0 Å². The van der Waals surface area contributed by atoms with E-state index in [4.69, 9.17) is 4.98 Å². The van der Waals surface area contributed by atoms with Crippen LogP contribution in [0.5, 0.6) is 0 Å². The lowest BCUT2D eigenvalue weighted by atomic mass is 10.1. The monoisotopic (exact) mass is 333 g/mol. The Morgan fingerprint density at radius 2 is 1.92 bits per heavy atom. The van der Waals surface area contributed by atoms with Crippen molar-refractivity contribution in [1.29, 1.82) is 0 Å². The van der Waals surface area contributed by atoms with Crippen molar-refractivity contribution in [3.63, 3.8) is 0 Å². The van der Waals surface area contributed by atoms with Crippen LogP contribution in [-0.2, 0) is 13.0 Å². The van der Waals surface area contributed by atoms with Crippen molar-refractivity contribution < 1.29 is 5.11 Å². The van der Waals surface area contributed by atoms with Crippen LogP contribution in [0.25, 0.3) is 11.4 Å². The number of rotatable bonds is 3. The molecule has 6 heteroatoms. The van der Waals surface area contributed by atoms with Gasteiger partial charge in [0.25, 0.3) is 0 Å². The molecule has 1 unspecified atom stereocenters. The molecule has 0 aliphatic carbocycles. The van der Waals surface area contributed by atoms with E-state index in [1.807, 2.05) is 42.6 Å². The zero-order valence-corrected chi connectivity index (χ0v) is 14.0. The van der Waals surface area contributed by atoms with E-state index < -0.39 is 6.10 Å². The molecule has 1 aromatic carbocycles. The van der Waals surface area contributed by atoms with Crippen LogP contribution in [0.4, 0.5) is 5.82 Å². The molecule has 0 saturated carbocycles. The number of fused-ring (bicyclic) bond motifs is 1. The van der Waals surface area contributed by atoms with E-state index in [1.54, 1.807) is 13.1 Å². The quantitative estimate of drug-likeness (QED) is 0.794. The Hall–Kier alpha value is -2.86. The van der Waals surface area contributed by atoms with Crippen LogP contribution in [0.1, 0.15) is 30.1 Å². The van der Waals surface area contributed by atoms with Gasteiger partial charge in [0.1, 0.15) is 11.9 Å². The number of benzene rings is 1. The highest BCUT2D eigenvalue weighted by atomic mass is 16.3. The van der Waals surface area contributed by atoms with Gasteiger partial charge in [-0.3, -0.25) is 0 Å². The number of hydrogen-bond donors (Lipinski definition) is 1. The summed E-state index contributed by atoms with van der Waals surface area (Å²) in [6.45, 7) is 3.21. The van der Waals surface area contributed by atoms with Crippen LogP contribution in [0.2, 0.25) is 0 Å². The molecule has 0 fully saturated rings. The molecule has 1 N–H and O–H groups in total. The van der Waals surface area contributed by atoms with Gasteiger partial charge in [-0.2, -0.15) is 0 Å². The largest absolute Gasteiger partial charge is 0.385 e. The molecule has 0 bridgehead atoms. The SMILES string of the molecule is CC(O)c1nccc(N2CCc3nc(-c4ccccc4)ncc3C2)n1. The lowest BCUT2D eigenvalue weighted by Crippen LogP contribution is -2.32. The van der Waals surface area contributed by atoms with E-state index in [0.29, 0.717) is 12.4 Å². The van der Waals surface area contributed by atoms with Gasteiger partial charge in [0.15, 0.2) is 11.6 Å². The summed E-state index contributed by atoms with van der Waals surface area (Å²) in [6, 6.07) is 11.9. The third-order valence-corrected chi connectivity index (χ3v) is 4.32. The average Bonchev–Trinajstić information content (AvgIpc) is 2.68. The van der Waals surface area contributed by atoms with E-state index in [9.17, 15) is 5.11 Å². The Labute approximate surface area is 146 Å². The highest BCUT2D eigenvalue weighted by molar-refractivity contribution is 5.55. The van der Waals surface area contributed by atoms with Crippen LogP contribution >= 0.6 is 0 Å². The third kappa shape index (κ3) is 3.21. The van der Waals surface area contributed by atoms with Gasteiger partial charge in [0.05, 0.1) is 5.69 Å². The Bertz CT molecular complexity index is 882. The molecule has 1 aliphatic rings. The maximum Gasteiger partial charge on any atom is 0.159 e. The predicted octanol–water partition coefficient (Wildman–Crippen LogP) is 2.55. The van der Waals surface area contributed by atoms with E-state index in [2.05, 4.69) is 19.9 Å². The molecular formula is C19H19N5O. The highest BCUT2D eigenvalue weighted by Gasteiger charge is 2.20. The molecule has 25 heavy (non-hydrogen) atoms. The number of anilines is 1. The lowest BCUT2D eigenvalue weighted by Gasteiger charge is -2.29. The molecule has 0 amide bonds. The zero-order valence-electron chi connectivity index (χ0n) is 14.0. The topological polar surface area (TPSA) is 75.0 Å². The second kappa shape index (κ2) is 6.57. The molecule has 0 radical (unpaired) electrons. The van der Waals surface area contributed by atoms with E-state index >= 15 is 0 Å². The van der Waals surface area contributed by atoms with Crippen molar-refractivity contribution in [1.82, 2.24) is 19.9 Å². The minimum Gasteiger partial charge on any atom is -0.385 e. The first-order valence-electron chi connectivity index (χ1n) is 8.37. The summed E-state index contributed by atoms with van der Waals surface area (Å²) in [5, 5.41) is 9.68. The molecule has 0 saturated heterocycles. The smallest absolute Gasteiger partial charge is 0.159 e. The van der Waals surface area contributed by atoms with Gasteiger partial charge in [-0.1, -0.05) is 30.3 Å². The molecule has 1 aliphatic heterocycles. The number of aliphatic hydroxyl groups excluding tert-OH is 1. The Kier molecular flexibility index (Phi) is 4.11. The molecular weight excluding hydrogens is 314 g/mol. The van der Waals surface area contributed by atoms with Crippen LogP contribution in [-0.4, -0.2) is 31.6 Å². The first-order valence-corrected chi connectivity index (χ1v) is 8.37. The molecule has 3 heterocycles. The fourth-order valence-corrected chi connectivity index (χ4v) is 2.98. The van der Waals surface area contributed by atoms with Crippen molar-refractivity contribution in [2.24, 2.45) is 0 Å².